The third-order valence-electron chi connectivity index (χ3n) is 2.72. The molecule has 1 aromatic rings. The average Bonchev–Trinajstić information content (AvgIpc) is 2.99. The van der Waals surface area contributed by atoms with E-state index in [9.17, 15) is 4.79 Å². The van der Waals surface area contributed by atoms with Crippen molar-refractivity contribution in [1.29, 1.82) is 0 Å². The highest BCUT2D eigenvalue weighted by molar-refractivity contribution is 5.89. The first-order valence-corrected chi connectivity index (χ1v) is 5.13. The second-order valence-electron chi connectivity index (χ2n) is 4.11. The van der Waals surface area contributed by atoms with Crippen LogP contribution < -0.4 is 11.1 Å². The maximum atomic E-state index is 11.6. The molecule has 1 heterocycles. The number of carbonyl (C=O) groups excluding carboxylic acids is 1. The Hall–Kier alpha value is -1.42. The van der Waals surface area contributed by atoms with Crippen molar-refractivity contribution in [2.24, 2.45) is 5.73 Å². The van der Waals surface area contributed by atoms with Crippen LogP contribution in [0.15, 0.2) is 24.4 Å². The Kier molecular flexibility index (Phi) is 2.44. The van der Waals surface area contributed by atoms with Crippen molar-refractivity contribution in [1.82, 2.24) is 10.3 Å². The molecule has 4 heteroatoms. The van der Waals surface area contributed by atoms with Gasteiger partial charge in [-0.1, -0.05) is 6.07 Å². The summed E-state index contributed by atoms with van der Waals surface area (Å²) in [6.45, 7) is 1.91. The Morgan fingerprint density at radius 2 is 2.33 bits per heavy atom. The van der Waals surface area contributed by atoms with E-state index in [1.54, 1.807) is 6.20 Å². The van der Waals surface area contributed by atoms with Crippen molar-refractivity contribution < 1.29 is 4.79 Å². The first-order chi connectivity index (χ1) is 7.12. The molecule has 1 aliphatic rings. The van der Waals surface area contributed by atoms with Crippen LogP contribution in [0.25, 0.3) is 0 Å². The lowest BCUT2D eigenvalue weighted by Gasteiger charge is -2.16. The highest BCUT2D eigenvalue weighted by Crippen LogP contribution is 2.32. The lowest BCUT2D eigenvalue weighted by atomic mass is 10.2. The minimum Gasteiger partial charge on any atom is -0.346 e. The molecule has 0 aliphatic heterocycles. The number of hydrogen-bond acceptors (Lipinski definition) is 3. The second-order valence-corrected chi connectivity index (χ2v) is 4.11. The summed E-state index contributed by atoms with van der Waals surface area (Å²) in [6, 6.07) is 5.56. The van der Waals surface area contributed by atoms with Crippen LogP contribution in [0.2, 0.25) is 0 Å². The summed E-state index contributed by atoms with van der Waals surface area (Å²) in [7, 11) is 0. The molecule has 1 unspecified atom stereocenters. The molecule has 1 atom stereocenters. The third kappa shape index (κ3) is 2.15. The monoisotopic (exact) mass is 205 g/mol. The molecule has 0 bridgehead atoms. The minimum atomic E-state index is -0.608. The van der Waals surface area contributed by atoms with Crippen LogP contribution in [-0.4, -0.2) is 16.4 Å². The molecule has 80 valence electrons. The molecule has 1 aliphatic carbocycles. The summed E-state index contributed by atoms with van der Waals surface area (Å²) in [5, 5.41) is 2.87. The molecule has 0 spiro atoms. The van der Waals surface area contributed by atoms with Gasteiger partial charge in [0.25, 0.3) is 0 Å². The van der Waals surface area contributed by atoms with Gasteiger partial charge in [-0.2, -0.15) is 0 Å². The second kappa shape index (κ2) is 3.62. The van der Waals surface area contributed by atoms with Crippen molar-refractivity contribution >= 4 is 5.91 Å². The third-order valence-corrected chi connectivity index (χ3v) is 2.72. The van der Waals surface area contributed by atoms with Crippen LogP contribution in [0.3, 0.4) is 0 Å². The maximum Gasteiger partial charge on any atom is 0.240 e. The van der Waals surface area contributed by atoms with Gasteiger partial charge in [-0.25, -0.2) is 0 Å². The molecule has 15 heavy (non-hydrogen) atoms. The number of nitrogens with two attached hydrogens (primary N) is 1. The number of nitrogens with one attached hydrogen (secondary N) is 1. The molecule has 1 fully saturated rings. The summed E-state index contributed by atoms with van der Waals surface area (Å²) in [5.74, 6) is -0.0688. The maximum absolute atomic E-state index is 11.6. The zero-order valence-electron chi connectivity index (χ0n) is 8.73. The Morgan fingerprint density at radius 1 is 1.60 bits per heavy atom. The van der Waals surface area contributed by atoms with E-state index in [1.165, 1.54) is 0 Å². The average molecular weight is 205 g/mol. The van der Waals surface area contributed by atoms with E-state index in [1.807, 2.05) is 25.1 Å². The topological polar surface area (TPSA) is 68.0 Å². The molecule has 3 N–H and O–H groups in total. The lowest BCUT2D eigenvalue weighted by molar-refractivity contribution is -0.123. The standard InChI is InChI=1S/C11H15N3O/c1-8(9-4-2-3-7-13-9)14-10(15)11(12)5-6-11/h2-4,7-8H,5-6,12H2,1H3,(H,14,15). The van der Waals surface area contributed by atoms with Gasteiger partial charge in [0.2, 0.25) is 5.91 Å². The van der Waals surface area contributed by atoms with Crippen LogP contribution in [0, 0.1) is 0 Å². The molecule has 0 aromatic carbocycles. The largest absolute Gasteiger partial charge is 0.346 e. The van der Waals surface area contributed by atoms with Crippen LogP contribution in [0.4, 0.5) is 0 Å². The van der Waals surface area contributed by atoms with Gasteiger partial charge in [-0.3, -0.25) is 9.78 Å². The molecule has 0 saturated heterocycles. The zero-order chi connectivity index (χ0) is 10.9. The molecular formula is C11H15N3O. The highest BCUT2D eigenvalue weighted by atomic mass is 16.2. The summed E-state index contributed by atoms with van der Waals surface area (Å²) >= 11 is 0. The molecule has 1 amide bonds. The van der Waals surface area contributed by atoms with Crippen LogP contribution in [-0.2, 0) is 4.79 Å². The molecular weight excluding hydrogens is 190 g/mol. The Balaban J connectivity index is 1.98. The Bertz CT molecular complexity index is 359. The van der Waals surface area contributed by atoms with E-state index in [-0.39, 0.29) is 11.9 Å². The van der Waals surface area contributed by atoms with Crippen molar-refractivity contribution in [3.63, 3.8) is 0 Å². The molecule has 0 radical (unpaired) electrons. The minimum absolute atomic E-state index is 0.0688. The quantitative estimate of drug-likeness (QED) is 0.765. The molecule has 1 aromatic heterocycles. The van der Waals surface area contributed by atoms with E-state index < -0.39 is 5.54 Å². The van der Waals surface area contributed by atoms with Crippen molar-refractivity contribution in [3.8, 4) is 0 Å². The summed E-state index contributed by atoms with van der Waals surface area (Å²) in [5.41, 5.74) is 6.03. The van der Waals surface area contributed by atoms with Gasteiger partial charge in [-0.05, 0) is 31.9 Å². The number of carbonyl (C=O) groups is 1. The summed E-state index contributed by atoms with van der Waals surface area (Å²) in [6.07, 6.45) is 3.29. The number of pyridine rings is 1. The smallest absolute Gasteiger partial charge is 0.240 e. The van der Waals surface area contributed by atoms with Gasteiger partial charge >= 0.3 is 0 Å². The van der Waals surface area contributed by atoms with Crippen LogP contribution in [0.5, 0.6) is 0 Å². The predicted molar refractivity (Wildman–Crippen MR) is 56.9 cm³/mol. The van der Waals surface area contributed by atoms with Gasteiger partial charge in [0.15, 0.2) is 0 Å². The Morgan fingerprint density at radius 3 is 2.87 bits per heavy atom. The van der Waals surface area contributed by atoms with Gasteiger partial charge in [0.05, 0.1) is 17.3 Å². The molecule has 2 rings (SSSR count). The van der Waals surface area contributed by atoms with Crippen LogP contribution in [0.1, 0.15) is 31.5 Å². The van der Waals surface area contributed by atoms with Crippen LogP contribution >= 0.6 is 0 Å². The fourth-order valence-electron chi connectivity index (χ4n) is 1.41. The van der Waals surface area contributed by atoms with Gasteiger partial charge in [0.1, 0.15) is 0 Å². The number of aromatic nitrogens is 1. The summed E-state index contributed by atoms with van der Waals surface area (Å²) in [4.78, 5) is 15.8. The van der Waals surface area contributed by atoms with E-state index in [0.29, 0.717) is 0 Å². The highest BCUT2D eigenvalue weighted by Gasteiger charge is 2.46. The van der Waals surface area contributed by atoms with Crippen molar-refractivity contribution in [2.75, 3.05) is 0 Å². The number of hydrogen-bond donors (Lipinski definition) is 2. The van der Waals surface area contributed by atoms with Crippen molar-refractivity contribution in [3.05, 3.63) is 30.1 Å². The number of rotatable bonds is 3. The fraction of sp³-hybridized carbons (Fsp3) is 0.455. The lowest BCUT2D eigenvalue weighted by Crippen LogP contribution is -2.43. The summed E-state index contributed by atoms with van der Waals surface area (Å²) < 4.78 is 0. The van der Waals surface area contributed by atoms with E-state index >= 15 is 0 Å². The van der Waals surface area contributed by atoms with Gasteiger partial charge in [-0.15, -0.1) is 0 Å². The first-order valence-electron chi connectivity index (χ1n) is 5.13. The van der Waals surface area contributed by atoms with E-state index in [2.05, 4.69) is 10.3 Å². The zero-order valence-corrected chi connectivity index (χ0v) is 8.73. The number of nitrogens with zero attached hydrogens (tertiary/aromatic N) is 1. The first kappa shape index (κ1) is 10.1. The fourth-order valence-corrected chi connectivity index (χ4v) is 1.41. The van der Waals surface area contributed by atoms with Crippen molar-refractivity contribution in [2.45, 2.75) is 31.3 Å². The molecule has 1 saturated carbocycles. The van der Waals surface area contributed by atoms with E-state index in [0.717, 1.165) is 18.5 Å². The number of amides is 1. The predicted octanol–water partition coefficient (Wildman–Crippen LogP) is 0.750. The normalized spacial score (nSPS) is 19.3. The van der Waals surface area contributed by atoms with Gasteiger partial charge in [0, 0.05) is 6.20 Å². The molecule has 4 nitrogen and oxygen atoms in total. The van der Waals surface area contributed by atoms with Gasteiger partial charge < -0.3 is 11.1 Å². The van der Waals surface area contributed by atoms with E-state index in [4.69, 9.17) is 5.73 Å². The SMILES string of the molecule is CC(NC(=O)C1(N)CC1)c1ccccn1. The Labute approximate surface area is 88.9 Å².